The van der Waals surface area contributed by atoms with Gasteiger partial charge in [-0.15, -0.1) is 0 Å². The lowest BCUT2D eigenvalue weighted by atomic mass is 10.2. The van der Waals surface area contributed by atoms with Crippen LogP contribution in [0.15, 0.2) is 16.6 Å². The number of halogens is 2. The lowest BCUT2D eigenvalue weighted by molar-refractivity contribution is 0.621. The maximum Gasteiger partial charge on any atom is 0.139 e. The van der Waals surface area contributed by atoms with Crippen molar-refractivity contribution in [1.29, 1.82) is 0 Å². The van der Waals surface area contributed by atoms with Gasteiger partial charge in [0.05, 0.1) is 15.8 Å². The summed E-state index contributed by atoms with van der Waals surface area (Å²) in [5.74, 6) is 0.493. The van der Waals surface area contributed by atoms with Crippen molar-refractivity contribution >= 4 is 27.3 Å². The Labute approximate surface area is 104 Å². The summed E-state index contributed by atoms with van der Waals surface area (Å²) in [4.78, 5) is 2.22. The summed E-state index contributed by atoms with van der Waals surface area (Å²) in [6.45, 7) is 4.02. The minimum Gasteiger partial charge on any atom is -0.397 e. The van der Waals surface area contributed by atoms with E-state index in [9.17, 15) is 4.39 Å². The SMILES string of the molecule is CCN(CC1CC1)c1cc(Br)c(F)cc1N. The van der Waals surface area contributed by atoms with Gasteiger partial charge in [-0.05, 0) is 47.7 Å². The summed E-state index contributed by atoms with van der Waals surface area (Å²) >= 11 is 3.20. The monoisotopic (exact) mass is 286 g/mol. The van der Waals surface area contributed by atoms with E-state index in [4.69, 9.17) is 5.73 Å². The van der Waals surface area contributed by atoms with Gasteiger partial charge in [-0.25, -0.2) is 4.39 Å². The van der Waals surface area contributed by atoms with Gasteiger partial charge in [0.15, 0.2) is 0 Å². The second kappa shape index (κ2) is 4.62. The fourth-order valence-corrected chi connectivity index (χ4v) is 2.17. The number of nitrogens with two attached hydrogens (primary N) is 1. The van der Waals surface area contributed by atoms with Crippen molar-refractivity contribution < 1.29 is 4.39 Å². The Kier molecular flexibility index (Phi) is 3.38. The van der Waals surface area contributed by atoms with Crippen LogP contribution in [0.2, 0.25) is 0 Å². The third-order valence-electron chi connectivity index (χ3n) is 2.97. The van der Waals surface area contributed by atoms with Crippen LogP contribution in [-0.2, 0) is 0 Å². The molecule has 4 heteroatoms. The van der Waals surface area contributed by atoms with Gasteiger partial charge in [0.2, 0.25) is 0 Å². The van der Waals surface area contributed by atoms with Crippen LogP contribution in [0.4, 0.5) is 15.8 Å². The number of hydrogen-bond donors (Lipinski definition) is 1. The number of anilines is 2. The van der Waals surface area contributed by atoms with Crippen LogP contribution in [0, 0.1) is 11.7 Å². The minimum atomic E-state index is -0.302. The van der Waals surface area contributed by atoms with Crippen molar-refractivity contribution in [2.24, 2.45) is 5.92 Å². The molecule has 1 saturated carbocycles. The molecule has 1 aromatic carbocycles. The molecule has 0 radical (unpaired) electrons. The molecule has 1 fully saturated rings. The highest BCUT2D eigenvalue weighted by atomic mass is 79.9. The van der Waals surface area contributed by atoms with Crippen molar-refractivity contribution in [2.75, 3.05) is 23.7 Å². The van der Waals surface area contributed by atoms with Gasteiger partial charge < -0.3 is 10.6 Å². The van der Waals surface area contributed by atoms with E-state index in [1.54, 1.807) is 6.07 Å². The first-order valence-electron chi connectivity index (χ1n) is 5.61. The zero-order chi connectivity index (χ0) is 11.7. The minimum absolute atomic E-state index is 0.302. The highest BCUT2D eigenvalue weighted by Gasteiger charge is 2.24. The first-order chi connectivity index (χ1) is 7.61. The van der Waals surface area contributed by atoms with Crippen LogP contribution in [0.5, 0.6) is 0 Å². The van der Waals surface area contributed by atoms with Gasteiger partial charge in [-0.1, -0.05) is 0 Å². The lowest BCUT2D eigenvalue weighted by Crippen LogP contribution is -2.26. The molecule has 0 saturated heterocycles. The van der Waals surface area contributed by atoms with Gasteiger partial charge in [0, 0.05) is 19.2 Å². The highest BCUT2D eigenvalue weighted by Crippen LogP contribution is 2.34. The fourth-order valence-electron chi connectivity index (χ4n) is 1.84. The molecule has 0 spiro atoms. The highest BCUT2D eigenvalue weighted by molar-refractivity contribution is 9.10. The summed E-state index contributed by atoms with van der Waals surface area (Å²) < 4.78 is 13.7. The van der Waals surface area contributed by atoms with Crippen LogP contribution in [0.1, 0.15) is 19.8 Å². The number of nitrogen functional groups attached to an aromatic ring is 1. The third kappa shape index (κ3) is 2.48. The molecular formula is C12H16BrFN2. The fraction of sp³-hybridized carbons (Fsp3) is 0.500. The van der Waals surface area contributed by atoms with E-state index in [0.717, 1.165) is 24.7 Å². The molecule has 0 amide bonds. The van der Waals surface area contributed by atoms with E-state index >= 15 is 0 Å². The summed E-state index contributed by atoms with van der Waals surface area (Å²) in [7, 11) is 0. The standard InChI is InChI=1S/C12H16BrFN2/c1-2-16(7-8-3-4-8)12-5-9(13)10(14)6-11(12)15/h5-6,8H,2-4,7,15H2,1H3. The van der Waals surface area contributed by atoms with E-state index in [2.05, 4.69) is 27.8 Å². The van der Waals surface area contributed by atoms with Crippen LogP contribution in [0.3, 0.4) is 0 Å². The normalized spacial score (nSPS) is 15.2. The molecule has 2 nitrogen and oxygen atoms in total. The Morgan fingerprint density at radius 3 is 2.75 bits per heavy atom. The topological polar surface area (TPSA) is 29.3 Å². The largest absolute Gasteiger partial charge is 0.397 e. The molecule has 0 bridgehead atoms. The van der Waals surface area contributed by atoms with Crippen LogP contribution in [0.25, 0.3) is 0 Å². The van der Waals surface area contributed by atoms with Crippen molar-refractivity contribution in [3.8, 4) is 0 Å². The molecule has 0 unspecified atom stereocenters. The Bertz CT molecular complexity index is 391. The molecule has 88 valence electrons. The first-order valence-corrected chi connectivity index (χ1v) is 6.40. The Morgan fingerprint density at radius 2 is 2.19 bits per heavy atom. The second-order valence-electron chi connectivity index (χ2n) is 4.31. The van der Waals surface area contributed by atoms with Gasteiger partial charge >= 0.3 is 0 Å². The molecule has 1 aromatic rings. The molecule has 0 aliphatic heterocycles. The Hall–Kier alpha value is -0.770. The number of hydrogen-bond acceptors (Lipinski definition) is 2. The van der Waals surface area contributed by atoms with Crippen molar-refractivity contribution in [1.82, 2.24) is 0 Å². The zero-order valence-corrected chi connectivity index (χ0v) is 10.9. The summed E-state index contributed by atoms with van der Waals surface area (Å²) in [5, 5.41) is 0. The van der Waals surface area contributed by atoms with E-state index in [1.807, 2.05) is 0 Å². The third-order valence-corrected chi connectivity index (χ3v) is 3.58. The molecule has 1 aliphatic carbocycles. The quantitative estimate of drug-likeness (QED) is 0.860. The van der Waals surface area contributed by atoms with Gasteiger partial charge in [0.25, 0.3) is 0 Å². The molecule has 2 N–H and O–H groups in total. The second-order valence-corrected chi connectivity index (χ2v) is 5.16. The molecule has 1 aliphatic rings. The van der Waals surface area contributed by atoms with Crippen LogP contribution in [-0.4, -0.2) is 13.1 Å². The predicted molar refractivity (Wildman–Crippen MR) is 69.1 cm³/mol. The molecule has 0 aromatic heterocycles. The zero-order valence-electron chi connectivity index (χ0n) is 9.34. The molecule has 0 heterocycles. The maximum atomic E-state index is 13.3. The van der Waals surface area contributed by atoms with Crippen molar-refractivity contribution in [2.45, 2.75) is 19.8 Å². The average Bonchev–Trinajstić information content (AvgIpc) is 3.04. The predicted octanol–water partition coefficient (Wildman–Crippen LogP) is 3.41. The maximum absolute atomic E-state index is 13.3. The Balaban J connectivity index is 2.25. The van der Waals surface area contributed by atoms with Crippen LogP contribution >= 0.6 is 15.9 Å². The number of rotatable bonds is 4. The van der Waals surface area contributed by atoms with E-state index in [-0.39, 0.29) is 5.82 Å². The van der Waals surface area contributed by atoms with E-state index in [1.165, 1.54) is 18.9 Å². The molecule has 16 heavy (non-hydrogen) atoms. The molecule has 0 atom stereocenters. The smallest absolute Gasteiger partial charge is 0.139 e. The van der Waals surface area contributed by atoms with E-state index < -0.39 is 0 Å². The average molecular weight is 287 g/mol. The summed E-state index contributed by atoms with van der Waals surface area (Å²) in [5.41, 5.74) is 7.31. The van der Waals surface area contributed by atoms with E-state index in [0.29, 0.717) is 10.2 Å². The first kappa shape index (κ1) is 11.7. The summed E-state index contributed by atoms with van der Waals surface area (Å²) in [6, 6.07) is 3.16. The van der Waals surface area contributed by atoms with Gasteiger partial charge in [0.1, 0.15) is 5.82 Å². The molecular weight excluding hydrogens is 271 g/mol. The van der Waals surface area contributed by atoms with Crippen LogP contribution < -0.4 is 10.6 Å². The molecule has 2 rings (SSSR count). The van der Waals surface area contributed by atoms with Gasteiger partial charge in [-0.3, -0.25) is 0 Å². The van der Waals surface area contributed by atoms with Gasteiger partial charge in [-0.2, -0.15) is 0 Å². The lowest BCUT2D eigenvalue weighted by Gasteiger charge is -2.25. The number of nitrogens with zero attached hydrogens (tertiary/aromatic N) is 1. The summed E-state index contributed by atoms with van der Waals surface area (Å²) in [6.07, 6.45) is 2.61. The van der Waals surface area contributed by atoms with Crippen molar-refractivity contribution in [3.05, 3.63) is 22.4 Å². The van der Waals surface area contributed by atoms with Crippen molar-refractivity contribution in [3.63, 3.8) is 0 Å². The number of benzene rings is 1. The Morgan fingerprint density at radius 1 is 1.50 bits per heavy atom.